The van der Waals surface area contributed by atoms with E-state index in [4.69, 9.17) is 14.2 Å². The van der Waals surface area contributed by atoms with Crippen molar-refractivity contribution < 1.29 is 14.2 Å². The minimum atomic E-state index is 0.247. The quantitative estimate of drug-likeness (QED) is 0.608. The molecule has 10 nitrogen and oxygen atoms in total. The summed E-state index contributed by atoms with van der Waals surface area (Å²) in [6.07, 6.45) is 1.68. The maximum Gasteiger partial charge on any atom is 0.250 e. The van der Waals surface area contributed by atoms with Gasteiger partial charge in [-0.05, 0) is 23.8 Å². The summed E-state index contributed by atoms with van der Waals surface area (Å²) in [5.74, 6) is 3.00. The van der Waals surface area contributed by atoms with Gasteiger partial charge in [0.2, 0.25) is 24.6 Å². The summed E-state index contributed by atoms with van der Waals surface area (Å²) in [4.78, 5) is 17.3. The summed E-state index contributed by atoms with van der Waals surface area (Å²) >= 11 is 0. The molecule has 0 amide bonds. The van der Waals surface area contributed by atoms with Crippen molar-refractivity contribution >= 4 is 24.1 Å². The average molecular weight is 371 g/mol. The molecule has 2 aliphatic rings. The van der Waals surface area contributed by atoms with Crippen molar-refractivity contribution in [1.82, 2.24) is 15.0 Å². The molecule has 1 fully saturated rings. The van der Waals surface area contributed by atoms with Gasteiger partial charge in [0.1, 0.15) is 0 Å². The van der Waals surface area contributed by atoms with Crippen LogP contribution in [-0.4, -0.2) is 68.4 Å². The van der Waals surface area contributed by atoms with E-state index in [-0.39, 0.29) is 6.79 Å². The number of nitrogens with zero attached hydrogens (tertiary/aromatic N) is 6. The number of rotatable bonds is 5. The Hall–Kier alpha value is -3.14. The lowest BCUT2D eigenvalue weighted by Gasteiger charge is -2.27. The number of benzene rings is 1. The highest BCUT2D eigenvalue weighted by Crippen LogP contribution is 2.32. The molecule has 142 valence electrons. The van der Waals surface area contributed by atoms with Gasteiger partial charge in [0, 0.05) is 27.2 Å². The third-order valence-corrected chi connectivity index (χ3v) is 4.08. The van der Waals surface area contributed by atoms with Crippen LogP contribution in [0.3, 0.4) is 0 Å². The van der Waals surface area contributed by atoms with Crippen LogP contribution in [0.5, 0.6) is 11.5 Å². The summed E-state index contributed by atoms with van der Waals surface area (Å²) < 4.78 is 16.1. The van der Waals surface area contributed by atoms with Crippen LogP contribution in [0.15, 0.2) is 23.3 Å². The van der Waals surface area contributed by atoms with Crippen LogP contribution in [0.25, 0.3) is 0 Å². The Kier molecular flexibility index (Phi) is 4.88. The molecule has 0 spiro atoms. The summed E-state index contributed by atoms with van der Waals surface area (Å²) in [6.45, 7) is 3.06. The van der Waals surface area contributed by atoms with E-state index in [1.54, 1.807) is 6.21 Å². The van der Waals surface area contributed by atoms with E-state index in [9.17, 15) is 0 Å². The third-order valence-electron chi connectivity index (χ3n) is 4.08. The largest absolute Gasteiger partial charge is 0.454 e. The first-order valence-electron chi connectivity index (χ1n) is 8.64. The number of morpholine rings is 1. The predicted molar refractivity (Wildman–Crippen MR) is 101 cm³/mol. The summed E-state index contributed by atoms with van der Waals surface area (Å²) in [7, 11) is 3.77. The van der Waals surface area contributed by atoms with Crippen LogP contribution in [0, 0.1) is 0 Å². The fraction of sp³-hybridized carbons (Fsp3) is 0.412. The normalized spacial score (nSPS) is 16.0. The number of hydrazone groups is 1. The topological polar surface area (TPSA) is 97.2 Å². The third kappa shape index (κ3) is 4.00. The van der Waals surface area contributed by atoms with Crippen molar-refractivity contribution in [1.29, 1.82) is 0 Å². The zero-order chi connectivity index (χ0) is 18.6. The van der Waals surface area contributed by atoms with E-state index in [1.165, 1.54) is 0 Å². The molecule has 10 heteroatoms. The van der Waals surface area contributed by atoms with Gasteiger partial charge in [-0.15, -0.1) is 0 Å². The first kappa shape index (κ1) is 17.3. The molecule has 2 aliphatic heterocycles. The Bertz CT molecular complexity index is 837. The number of hydrogen-bond donors (Lipinski definition) is 1. The first-order valence-corrected chi connectivity index (χ1v) is 8.64. The second-order valence-corrected chi connectivity index (χ2v) is 6.24. The number of fused-ring (bicyclic) bond motifs is 1. The molecular weight excluding hydrogens is 350 g/mol. The monoisotopic (exact) mass is 371 g/mol. The Morgan fingerprint density at radius 2 is 1.93 bits per heavy atom. The zero-order valence-electron chi connectivity index (χ0n) is 15.3. The second kappa shape index (κ2) is 7.62. The van der Waals surface area contributed by atoms with E-state index in [1.807, 2.05) is 37.2 Å². The fourth-order valence-electron chi connectivity index (χ4n) is 2.67. The van der Waals surface area contributed by atoms with Gasteiger partial charge in [0.25, 0.3) is 0 Å². The van der Waals surface area contributed by atoms with Gasteiger partial charge in [0.15, 0.2) is 11.5 Å². The first-order chi connectivity index (χ1) is 13.2. The van der Waals surface area contributed by atoms with Crippen molar-refractivity contribution in [3.8, 4) is 11.5 Å². The van der Waals surface area contributed by atoms with E-state index >= 15 is 0 Å². The van der Waals surface area contributed by atoms with Gasteiger partial charge in [-0.1, -0.05) is 0 Å². The van der Waals surface area contributed by atoms with E-state index in [2.05, 4.69) is 30.4 Å². The van der Waals surface area contributed by atoms with Crippen molar-refractivity contribution in [3.05, 3.63) is 23.8 Å². The lowest BCUT2D eigenvalue weighted by atomic mass is 10.2. The van der Waals surface area contributed by atoms with Crippen LogP contribution < -0.4 is 24.7 Å². The maximum absolute atomic E-state index is 5.39. The summed E-state index contributed by atoms with van der Waals surface area (Å²) in [5, 5.41) is 4.24. The number of nitrogens with one attached hydrogen (secondary N) is 1. The van der Waals surface area contributed by atoms with Crippen LogP contribution in [-0.2, 0) is 4.74 Å². The van der Waals surface area contributed by atoms with Gasteiger partial charge < -0.3 is 24.0 Å². The highest BCUT2D eigenvalue weighted by Gasteiger charge is 2.17. The Morgan fingerprint density at radius 1 is 1.11 bits per heavy atom. The lowest BCUT2D eigenvalue weighted by molar-refractivity contribution is 0.122. The summed E-state index contributed by atoms with van der Waals surface area (Å²) in [6, 6.07) is 5.62. The number of hydrogen-bond acceptors (Lipinski definition) is 10. The molecule has 0 bridgehead atoms. The summed E-state index contributed by atoms with van der Waals surface area (Å²) in [5.41, 5.74) is 3.76. The highest BCUT2D eigenvalue weighted by atomic mass is 16.7. The molecule has 0 unspecified atom stereocenters. The SMILES string of the molecule is CN(C)c1nc(N/N=C\c2ccc3c(c2)OCO3)nc(N2CCOCC2)n1. The van der Waals surface area contributed by atoms with Gasteiger partial charge in [-0.2, -0.15) is 20.1 Å². The highest BCUT2D eigenvalue weighted by molar-refractivity contribution is 5.81. The molecule has 1 saturated heterocycles. The molecule has 1 N–H and O–H groups in total. The minimum absolute atomic E-state index is 0.247. The molecule has 3 heterocycles. The second-order valence-electron chi connectivity index (χ2n) is 6.24. The molecular formula is C17H21N7O3. The van der Waals surface area contributed by atoms with Crippen LogP contribution in [0.1, 0.15) is 5.56 Å². The molecule has 0 saturated carbocycles. The number of aromatic nitrogens is 3. The van der Waals surface area contributed by atoms with Crippen molar-refractivity contribution in [2.24, 2.45) is 5.10 Å². The molecule has 4 rings (SSSR count). The van der Waals surface area contributed by atoms with Crippen LogP contribution in [0.2, 0.25) is 0 Å². The molecule has 27 heavy (non-hydrogen) atoms. The number of ether oxygens (including phenoxy) is 3. The van der Waals surface area contributed by atoms with Gasteiger partial charge in [0.05, 0.1) is 19.4 Å². The Morgan fingerprint density at radius 3 is 2.74 bits per heavy atom. The zero-order valence-corrected chi connectivity index (χ0v) is 15.3. The standard InChI is InChI=1S/C17H21N7O3/c1-23(2)16-19-15(20-17(21-16)24-5-7-25-8-6-24)22-18-10-12-3-4-13-14(9-12)27-11-26-13/h3-4,9-10H,5-8,11H2,1-2H3,(H,19,20,21,22)/b18-10-. The molecule has 0 aliphatic carbocycles. The van der Waals surface area contributed by atoms with Crippen molar-refractivity contribution in [3.63, 3.8) is 0 Å². The Balaban J connectivity index is 1.51. The minimum Gasteiger partial charge on any atom is -0.454 e. The van der Waals surface area contributed by atoms with E-state index < -0.39 is 0 Å². The lowest BCUT2D eigenvalue weighted by Crippen LogP contribution is -2.37. The van der Waals surface area contributed by atoms with Crippen molar-refractivity contribution in [2.75, 3.05) is 62.4 Å². The Labute approximate surface area is 156 Å². The van der Waals surface area contributed by atoms with Gasteiger partial charge in [-0.3, -0.25) is 0 Å². The fourth-order valence-corrected chi connectivity index (χ4v) is 2.67. The van der Waals surface area contributed by atoms with E-state index in [0.717, 1.165) is 24.4 Å². The van der Waals surface area contributed by atoms with Gasteiger partial charge in [-0.25, -0.2) is 5.43 Å². The molecule has 1 aromatic carbocycles. The van der Waals surface area contributed by atoms with E-state index in [0.29, 0.717) is 36.8 Å². The molecule has 0 radical (unpaired) electrons. The van der Waals surface area contributed by atoms with Crippen molar-refractivity contribution in [2.45, 2.75) is 0 Å². The molecule has 2 aromatic rings. The van der Waals surface area contributed by atoms with Gasteiger partial charge >= 0.3 is 0 Å². The smallest absolute Gasteiger partial charge is 0.250 e. The maximum atomic E-state index is 5.39. The van der Waals surface area contributed by atoms with Crippen LogP contribution in [0.4, 0.5) is 17.8 Å². The number of anilines is 3. The predicted octanol–water partition coefficient (Wildman–Crippen LogP) is 0.949. The van der Waals surface area contributed by atoms with Crippen LogP contribution >= 0.6 is 0 Å². The molecule has 0 atom stereocenters. The molecule has 1 aromatic heterocycles. The average Bonchev–Trinajstić information content (AvgIpc) is 3.16.